The first-order chi connectivity index (χ1) is 11.8. The van der Waals surface area contributed by atoms with Crippen LogP contribution in [0.2, 0.25) is 0 Å². The quantitative estimate of drug-likeness (QED) is 0.763. The molecule has 25 heavy (non-hydrogen) atoms. The third-order valence-electron chi connectivity index (χ3n) is 10.0. The maximum absolute atomic E-state index is 10.4. The Morgan fingerprint density at radius 1 is 0.880 bits per heavy atom. The molecule has 0 aromatic carbocycles. The van der Waals surface area contributed by atoms with E-state index >= 15 is 0 Å². The summed E-state index contributed by atoms with van der Waals surface area (Å²) in [4.78, 5) is 2.48. The highest BCUT2D eigenvalue weighted by molar-refractivity contribution is 5.10. The van der Waals surface area contributed by atoms with E-state index in [4.69, 9.17) is 0 Å². The molecule has 1 N–H and O–H groups in total. The second-order valence-corrected chi connectivity index (χ2v) is 11.0. The van der Waals surface area contributed by atoms with Gasteiger partial charge in [0.05, 0.1) is 6.10 Å². The van der Waals surface area contributed by atoms with Crippen LogP contribution in [-0.2, 0) is 0 Å². The van der Waals surface area contributed by atoms with Crippen molar-refractivity contribution in [1.82, 2.24) is 4.90 Å². The predicted octanol–water partition coefficient (Wildman–Crippen LogP) is 4.96. The van der Waals surface area contributed by atoms with Gasteiger partial charge in [-0.2, -0.15) is 0 Å². The van der Waals surface area contributed by atoms with Gasteiger partial charge in [-0.3, -0.25) is 0 Å². The molecule has 144 valence electrons. The minimum atomic E-state index is -0.117. The van der Waals surface area contributed by atoms with E-state index in [-0.39, 0.29) is 6.10 Å². The second kappa shape index (κ2) is 6.23. The van der Waals surface area contributed by atoms with Crippen LogP contribution < -0.4 is 0 Å². The fourth-order valence-electron chi connectivity index (χ4n) is 8.54. The molecule has 4 rings (SSSR count). The summed E-state index contributed by atoms with van der Waals surface area (Å²) in [6, 6.07) is 0.814. The zero-order valence-electron chi connectivity index (χ0n) is 17.3. The molecule has 0 aliphatic heterocycles. The van der Waals surface area contributed by atoms with Crippen molar-refractivity contribution in [2.24, 2.45) is 40.4 Å². The van der Waals surface area contributed by atoms with Crippen LogP contribution in [0.25, 0.3) is 0 Å². The lowest BCUT2D eigenvalue weighted by Gasteiger charge is -2.61. The Kier molecular flexibility index (Phi) is 4.56. The van der Waals surface area contributed by atoms with Crippen molar-refractivity contribution in [1.29, 1.82) is 0 Å². The van der Waals surface area contributed by atoms with E-state index in [2.05, 4.69) is 32.8 Å². The van der Waals surface area contributed by atoms with Crippen molar-refractivity contribution in [3.8, 4) is 0 Å². The summed E-state index contributed by atoms with van der Waals surface area (Å²) >= 11 is 0. The Hall–Kier alpha value is -0.0800. The van der Waals surface area contributed by atoms with E-state index in [0.29, 0.717) is 16.7 Å². The number of nitrogens with zero attached hydrogens (tertiary/aromatic N) is 1. The highest BCUT2D eigenvalue weighted by atomic mass is 16.3. The van der Waals surface area contributed by atoms with Crippen LogP contribution in [0.4, 0.5) is 0 Å². The van der Waals surface area contributed by atoms with Gasteiger partial charge in [-0.05, 0) is 119 Å². The van der Waals surface area contributed by atoms with Crippen LogP contribution in [0.3, 0.4) is 0 Å². The van der Waals surface area contributed by atoms with E-state index in [1.54, 1.807) is 0 Å². The van der Waals surface area contributed by atoms with Gasteiger partial charge in [0.25, 0.3) is 0 Å². The van der Waals surface area contributed by atoms with Gasteiger partial charge in [0, 0.05) is 6.04 Å². The number of hydrogen-bond donors (Lipinski definition) is 1. The topological polar surface area (TPSA) is 23.5 Å². The summed E-state index contributed by atoms with van der Waals surface area (Å²) in [6.45, 7) is 7.25. The van der Waals surface area contributed by atoms with Gasteiger partial charge < -0.3 is 10.0 Å². The number of hydrogen-bond acceptors (Lipinski definition) is 2. The summed E-state index contributed by atoms with van der Waals surface area (Å²) in [5.74, 6) is 4.29. The minimum Gasteiger partial charge on any atom is -0.393 e. The SMILES string of the molecule is C[C@H](O)[C@H]1CCC2C3CC[C@H]4C[C@H](N(C)C)CC[C@]4(C)C3CC[C@@]21C. The van der Waals surface area contributed by atoms with Crippen LogP contribution in [0.5, 0.6) is 0 Å². The van der Waals surface area contributed by atoms with E-state index in [0.717, 1.165) is 29.7 Å². The monoisotopic (exact) mass is 347 g/mol. The molecule has 2 heteroatoms. The Morgan fingerprint density at radius 3 is 2.24 bits per heavy atom. The maximum atomic E-state index is 10.4. The summed E-state index contributed by atoms with van der Waals surface area (Å²) in [6.07, 6.45) is 12.6. The molecule has 4 aliphatic carbocycles. The molecule has 0 aromatic heterocycles. The standard InChI is InChI=1S/C23H41NO/c1-15(25)19-8-9-20-18-7-6-16-14-17(24(4)5)10-12-22(16,2)21(18)11-13-23(19,20)3/h15-21,25H,6-14H2,1-5H3/t15-,16-,17+,18?,19+,20?,21?,22-,23+/m0/s1. The Bertz CT molecular complexity index is 502. The second-order valence-electron chi connectivity index (χ2n) is 11.0. The fraction of sp³-hybridized carbons (Fsp3) is 1.00. The van der Waals surface area contributed by atoms with Gasteiger partial charge in [0.15, 0.2) is 0 Å². The van der Waals surface area contributed by atoms with Gasteiger partial charge in [0.1, 0.15) is 0 Å². The van der Waals surface area contributed by atoms with Crippen LogP contribution in [-0.4, -0.2) is 36.2 Å². The summed E-state index contributed by atoms with van der Waals surface area (Å²) in [5.41, 5.74) is 1.01. The molecule has 0 amide bonds. The van der Waals surface area contributed by atoms with Crippen LogP contribution in [0.15, 0.2) is 0 Å². The molecule has 0 bridgehead atoms. The van der Waals surface area contributed by atoms with Gasteiger partial charge in [-0.25, -0.2) is 0 Å². The highest BCUT2D eigenvalue weighted by Gasteiger charge is 2.60. The number of aliphatic hydroxyl groups excluding tert-OH is 1. The third-order valence-corrected chi connectivity index (χ3v) is 10.0. The third kappa shape index (κ3) is 2.64. The average Bonchev–Trinajstić information content (AvgIpc) is 2.91. The molecule has 3 unspecified atom stereocenters. The molecule has 0 spiro atoms. The molecule has 0 heterocycles. The highest BCUT2D eigenvalue weighted by Crippen LogP contribution is 2.67. The summed E-state index contributed by atoms with van der Waals surface area (Å²) in [5, 5.41) is 10.4. The first-order valence-corrected chi connectivity index (χ1v) is 11.1. The summed E-state index contributed by atoms with van der Waals surface area (Å²) < 4.78 is 0. The number of aliphatic hydroxyl groups is 1. The maximum Gasteiger partial charge on any atom is 0.0545 e. The number of fused-ring (bicyclic) bond motifs is 5. The zero-order chi connectivity index (χ0) is 18.0. The summed E-state index contributed by atoms with van der Waals surface area (Å²) in [7, 11) is 4.56. The molecule has 4 aliphatic rings. The first-order valence-electron chi connectivity index (χ1n) is 11.1. The van der Waals surface area contributed by atoms with Crippen molar-refractivity contribution in [3.63, 3.8) is 0 Å². The molecular weight excluding hydrogens is 306 g/mol. The molecule has 0 radical (unpaired) electrons. The Balaban J connectivity index is 1.56. The van der Waals surface area contributed by atoms with E-state index in [1.807, 2.05) is 6.92 Å². The Labute approximate surface area is 155 Å². The average molecular weight is 348 g/mol. The van der Waals surface area contributed by atoms with Crippen LogP contribution in [0, 0.1) is 40.4 Å². The van der Waals surface area contributed by atoms with Gasteiger partial charge in [-0.15, -0.1) is 0 Å². The van der Waals surface area contributed by atoms with Gasteiger partial charge in [-0.1, -0.05) is 13.8 Å². The van der Waals surface area contributed by atoms with Crippen LogP contribution >= 0.6 is 0 Å². The molecule has 9 atom stereocenters. The van der Waals surface area contributed by atoms with E-state index in [1.165, 1.54) is 57.8 Å². The molecule has 4 fully saturated rings. The van der Waals surface area contributed by atoms with Crippen molar-refractivity contribution in [2.75, 3.05) is 14.1 Å². The minimum absolute atomic E-state index is 0.117. The van der Waals surface area contributed by atoms with Crippen LogP contribution in [0.1, 0.15) is 78.6 Å². The lowest BCUT2D eigenvalue weighted by Crippen LogP contribution is -2.55. The molecular formula is C23H41NO. The first kappa shape index (κ1) is 18.3. The lowest BCUT2D eigenvalue weighted by molar-refractivity contribution is -0.125. The normalized spacial score (nSPS) is 53.9. The smallest absolute Gasteiger partial charge is 0.0545 e. The largest absolute Gasteiger partial charge is 0.393 e. The molecule has 0 saturated heterocycles. The van der Waals surface area contributed by atoms with E-state index < -0.39 is 0 Å². The molecule has 4 saturated carbocycles. The van der Waals surface area contributed by atoms with Crippen molar-refractivity contribution >= 4 is 0 Å². The van der Waals surface area contributed by atoms with E-state index in [9.17, 15) is 5.11 Å². The lowest BCUT2D eigenvalue weighted by atomic mass is 9.44. The molecule has 0 aromatic rings. The molecule has 2 nitrogen and oxygen atoms in total. The number of rotatable bonds is 2. The zero-order valence-corrected chi connectivity index (χ0v) is 17.3. The van der Waals surface area contributed by atoms with Crippen molar-refractivity contribution in [3.05, 3.63) is 0 Å². The predicted molar refractivity (Wildman–Crippen MR) is 104 cm³/mol. The van der Waals surface area contributed by atoms with Gasteiger partial charge in [0.2, 0.25) is 0 Å². The van der Waals surface area contributed by atoms with Gasteiger partial charge >= 0.3 is 0 Å². The van der Waals surface area contributed by atoms with Crippen molar-refractivity contribution in [2.45, 2.75) is 90.7 Å². The Morgan fingerprint density at radius 2 is 1.56 bits per heavy atom. The fourth-order valence-corrected chi connectivity index (χ4v) is 8.54. The van der Waals surface area contributed by atoms with Crippen molar-refractivity contribution < 1.29 is 5.11 Å².